The third kappa shape index (κ3) is 9.55. The Balaban J connectivity index is 0.00000298. The minimum atomic E-state index is -2.83. The van der Waals surface area contributed by atoms with Crippen molar-refractivity contribution < 1.29 is 18.3 Å². The van der Waals surface area contributed by atoms with Gasteiger partial charge >= 0.3 is 6.09 Å². The lowest BCUT2D eigenvalue weighted by atomic mass is 9.78. The quantitative estimate of drug-likeness (QED) is 0.346. The number of piperazine rings is 1. The second-order valence-electron chi connectivity index (χ2n) is 10.9. The summed E-state index contributed by atoms with van der Waals surface area (Å²) in [5.41, 5.74) is 1.67. The molecule has 4 nitrogen and oxygen atoms in total. The van der Waals surface area contributed by atoms with Crippen LogP contribution in [0.15, 0.2) is 35.9 Å². The Morgan fingerprint density at radius 1 is 0.971 bits per heavy atom. The van der Waals surface area contributed by atoms with Crippen molar-refractivity contribution in [3.63, 3.8) is 0 Å². The van der Waals surface area contributed by atoms with E-state index in [1.165, 1.54) is 17.7 Å². The number of ether oxygens (including phenoxy) is 1. The van der Waals surface area contributed by atoms with Crippen molar-refractivity contribution in [2.75, 3.05) is 26.2 Å². The van der Waals surface area contributed by atoms with Crippen molar-refractivity contribution in [3.05, 3.63) is 47.0 Å². The second kappa shape index (κ2) is 12.8. The van der Waals surface area contributed by atoms with E-state index < -0.39 is 11.5 Å². The fraction of sp³-hybridized carbons (Fsp3) is 0.690. The maximum atomic E-state index is 13.6. The van der Waals surface area contributed by atoms with Crippen LogP contribution in [0.25, 0.3) is 0 Å². The fourth-order valence-electron chi connectivity index (χ4n) is 4.14. The number of benzene rings is 1. The van der Waals surface area contributed by atoms with Gasteiger partial charge < -0.3 is 9.64 Å². The van der Waals surface area contributed by atoms with Crippen molar-refractivity contribution in [3.8, 4) is 0 Å². The first-order valence-corrected chi connectivity index (χ1v) is 13.0. The smallest absolute Gasteiger partial charge is 0.410 e. The highest BCUT2D eigenvalue weighted by Gasteiger charge is 2.33. The summed E-state index contributed by atoms with van der Waals surface area (Å²) in [6, 6.07) is 6.93. The monoisotopic (exact) mass is 494 g/mol. The molecule has 1 aliphatic rings. The lowest BCUT2D eigenvalue weighted by Gasteiger charge is -2.41. The van der Waals surface area contributed by atoms with Crippen molar-refractivity contribution in [1.82, 2.24) is 9.80 Å². The molecule has 0 radical (unpaired) electrons. The van der Waals surface area contributed by atoms with E-state index in [4.69, 9.17) is 4.74 Å². The second-order valence-corrected chi connectivity index (χ2v) is 10.9. The Morgan fingerprint density at radius 3 is 1.89 bits per heavy atom. The highest BCUT2D eigenvalue weighted by atomic mass is 19.3. The number of hydrogen-bond donors (Lipinski definition) is 0. The van der Waals surface area contributed by atoms with Gasteiger partial charge in [-0.2, -0.15) is 0 Å². The number of nitrogens with zero attached hydrogens (tertiary/aromatic N) is 2. The Morgan fingerprint density at radius 2 is 1.46 bits per heavy atom. The number of rotatable bonds is 8. The van der Waals surface area contributed by atoms with Crippen molar-refractivity contribution in [2.45, 2.75) is 105 Å². The van der Waals surface area contributed by atoms with Gasteiger partial charge in [0.15, 0.2) is 0 Å². The minimum absolute atomic E-state index is 0.0390. The highest BCUT2D eigenvalue weighted by molar-refractivity contribution is 5.68. The maximum Gasteiger partial charge on any atom is 0.410 e. The van der Waals surface area contributed by atoms with Crippen LogP contribution in [0.1, 0.15) is 93.2 Å². The van der Waals surface area contributed by atoms with Crippen LogP contribution in [0.5, 0.6) is 0 Å². The molecule has 1 atom stereocenters. The summed E-state index contributed by atoms with van der Waals surface area (Å²) < 4.78 is 32.9. The molecule has 1 heterocycles. The summed E-state index contributed by atoms with van der Waals surface area (Å²) in [5, 5.41) is 0. The van der Waals surface area contributed by atoms with E-state index in [2.05, 4.69) is 38.7 Å². The Hall–Kier alpha value is -1.95. The molecule has 1 amide bonds. The molecular weight excluding hydrogens is 446 g/mol. The molecule has 0 N–H and O–H groups in total. The van der Waals surface area contributed by atoms with Crippen LogP contribution in [0.4, 0.5) is 13.6 Å². The molecule has 0 aliphatic carbocycles. The van der Waals surface area contributed by atoms with Crippen molar-refractivity contribution in [2.24, 2.45) is 0 Å². The van der Waals surface area contributed by atoms with E-state index in [-0.39, 0.29) is 23.1 Å². The molecular formula is C29H48F2N2O2. The molecule has 1 aliphatic heterocycles. The molecule has 2 rings (SSSR count). The van der Waals surface area contributed by atoms with Gasteiger partial charge in [0, 0.05) is 44.7 Å². The van der Waals surface area contributed by atoms with Gasteiger partial charge in [-0.3, -0.25) is 4.90 Å². The Kier molecular flexibility index (Phi) is 11.4. The van der Waals surface area contributed by atoms with Crippen LogP contribution in [0.2, 0.25) is 0 Å². The Bertz CT molecular complexity index is 814. The average Bonchev–Trinajstić information content (AvgIpc) is 2.79. The maximum absolute atomic E-state index is 13.6. The van der Waals surface area contributed by atoms with E-state index in [0.29, 0.717) is 13.1 Å². The first-order chi connectivity index (χ1) is 16.1. The third-order valence-electron chi connectivity index (χ3n) is 6.67. The van der Waals surface area contributed by atoms with Gasteiger partial charge in [0.1, 0.15) is 5.60 Å². The topological polar surface area (TPSA) is 32.8 Å². The van der Waals surface area contributed by atoms with E-state index >= 15 is 0 Å². The van der Waals surface area contributed by atoms with Gasteiger partial charge in [0.25, 0.3) is 5.92 Å². The lowest BCUT2D eigenvalue weighted by molar-refractivity contribution is 0.00000214. The molecule has 1 saturated heterocycles. The van der Waals surface area contributed by atoms with Crippen LogP contribution in [-0.2, 0) is 16.1 Å². The Labute approximate surface area is 212 Å². The summed E-state index contributed by atoms with van der Waals surface area (Å²) >= 11 is 0. The summed E-state index contributed by atoms with van der Waals surface area (Å²) in [7, 11) is 0. The zero-order valence-corrected chi connectivity index (χ0v) is 23.7. The van der Waals surface area contributed by atoms with E-state index in [9.17, 15) is 13.6 Å². The fourth-order valence-corrected chi connectivity index (χ4v) is 4.14. The van der Waals surface area contributed by atoms with Crippen LogP contribution >= 0.6 is 0 Å². The number of halogens is 2. The van der Waals surface area contributed by atoms with E-state index in [1.54, 1.807) is 4.90 Å². The van der Waals surface area contributed by atoms with Gasteiger partial charge in [-0.25, -0.2) is 13.6 Å². The zero-order valence-electron chi connectivity index (χ0n) is 23.7. The number of carbonyl (C=O) groups excluding carboxylic acids is 1. The third-order valence-corrected chi connectivity index (χ3v) is 6.67. The van der Waals surface area contributed by atoms with E-state index in [1.807, 2.05) is 46.8 Å². The molecule has 1 fully saturated rings. The predicted molar refractivity (Wildman–Crippen MR) is 142 cm³/mol. The summed E-state index contributed by atoms with van der Waals surface area (Å²) in [4.78, 5) is 16.8. The SMILES string of the molecule is CC.CCC(C)(C)OC(=O)N1CCN(C(C=C(C)C)CC(C)(C)c2ccc(C(C)(F)F)cc2)CC1. The molecule has 1 aromatic rings. The standard InChI is InChI=1S/C27H42F2N2O2.C2H6/c1-9-26(6,7)33-24(32)31-16-14-30(15-17-31)23(18-20(2)3)19-25(4,5)21-10-12-22(13-11-21)27(8,28)29;1-2/h10-13,18,23H,9,14-17,19H2,1-8H3;1-2H3. The van der Waals surface area contributed by atoms with Crippen LogP contribution in [0.3, 0.4) is 0 Å². The highest BCUT2D eigenvalue weighted by Crippen LogP contribution is 2.34. The number of hydrogen-bond acceptors (Lipinski definition) is 3. The largest absolute Gasteiger partial charge is 0.443 e. The average molecular weight is 495 g/mol. The molecule has 0 saturated carbocycles. The molecule has 6 heteroatoms. The summed E-state index contributed by atoms with van der Waals surface area (Å²) in [5.74, 6) is -2.83. The number of carbonyl (C=O) groups is 1. The van der Waals surface area contributed by atoms with Gasteiger partial charge in [-0.1, -0.05) is 70.5 Å². The van der Waals surface area contributed by atoms with Crippen molar-refractivity contribution >= 4 is 6.09 Å². The lowest BCUT2D eigenvalue weighted by Crippen LogP contribution is -2.53. The zero-order chi connectivity index (χ0) is 27.0. The first kappa shape index (κ1) is 31.1. The minimum Gasteiger partial charge on any atom is -0.443 e. The molecule has 1 aromatic carbocycles. The summed E-state index contributed by atoms with van der Waals surface area (Å²) in [6.07, 6.45) is 3.67. The van der Waals surface area contributed by atoms with Gasteiger partial charge in [0.05, 0.1) is 0 Å². The first-order valence-electron chi connectivity index (χ1n) is 13.0. The predicted octanol–water partition coefficient (Wildman–Crippen LogP) is 7.77. The summed E-state index contributed by atoms with van der Waals surface area (Å²) in [6.45, 7) is 22.1. The van der Waals surface area contributed by atoms with Crippen LogP contribution < -0.4 is 0 Å². The molecule has 0 spiro atoms. The molecule has 0 bridgehead atoms. The molecule has 0 aromatic heterocycles. The van der Waals surface area contributed by atoms with E-state index in [0.717, 1.165) is 38.4 Å². The molecule has 200 valence electrons. The number of alkyl halides is 2. The molecule has 35 heavy (non-hydrogen) atoms. The van der Waals surface area contributed by atoms with Crippen LogP contribution in [-0.4, -0.2) is 53.7 Å². The van der Waals surface area contributed by atoms with Gasteiger partial charge in [-0.15, -0.1) is 0 Å². The molecule has 1 unspecified atom stereocenters. The normalized spacial score (nSPS) is 16.2. The number of amides is 1. The van der Waals surface area contributed by atoms with Gasteiger partial charge in [-0.05, 0) is 51.5 Å². The van der Waals surface area contributed by atoms with Crippen LogP contribution in [0, 0.1) is 0 Å². The number of allylic oxidation sites excluding steroid dienone is 1. The van der Waals surface area contributed by atoms with Gasteiger partial charge in [0.2, 0.25) is 0 Å². The van der Waals surface area contributed by atoms with Crippen molar-refractivity contribution in [1.29, 1.82) is 0 Å².